The van der Waals surface area contributed by atoms with E-state index in [4.69, 9.17) is 15.2 Å². The zero-order valence-corrected chi connectivity index (χ0v) is 17.6. The molecular weight excluding hydrogens is 372 g/mol. The number of unbranched alkanes of at least 4 members (excludes halogenated alkanes) is 1. The van der Waals surface area contributed by atoms with Crippen LogP contribution in [-0.2, 0) is 4.79 Å². The van der Waals surface area contributed by atoms with Crippen molar-refractivity contribution in [2.45, 2.75) is 25.7 Å². The molecule has 1 rings (SSSR count). The number of carbonyl (C=O) groups excluding carboxylic acids is 1. The van der Waals surface area contributed by atoms with Crippen LogP contribution in [0.15, 0.2) is 18.2 Å². The number of amides is 1. The molecule has 0 saturated heterocycles. The third kappa shape index (κ3) is 10.7. The number of ether oxygens (including phenoxy) is 2. The lowest BCUT2D eigenvalue weighted by Crippen LogP contribution is -2.26. The number of phenols is 1. The van der Waals surface area contributed by atoms with Crippen LogP contribution in [0.5, 0.6) is 17.2 Å². The summed E-state index contributed by atoms with van der Waals surface area (Å²) in [7, 11) is 2.99. The Labute approximate surface area is 173 Å². The predicted octanol–water partition coefficient (Wildman–Crippen LogP) is 1.24. The van der Waals surface area contributed by atoms with Crippen molar-refractivity contribution in [1.29, 1.82) is 0 Å². The molecule has 8 nitrogen and oxygen atoms in total. The maximum absolute atomic E-state index is 12.0. The number of nitrogens with two attached hydrogens (primary N) is 1. The monoisotopic (exact) mass is 408 g/mol. The Morgan fingerprint density at radius 2 is 1.52 bits per heavy atom. The van der Waals surface area contributed by atoms with Crippen LogP contribution in [0.25, 0.3) is 6.08 Å². The maximum atomic E-state index is 12.0. The smallest absolute Gasteiger partial charge is 0.244 e. The van der Waals surface area contributed by atoms with Gasteiger partial charge in [0.15, 0.2) is 0 Å². The lowest BCUT2D eigenvalue weighted by Gasteiger charge is -2.11. The van der Waals surface area contributed by atoms with Gasteiger partial charge < -0.3 is 36.3 Å². The van der Waals surface area contributed by atoms with Crippen LogP contribution in [0.1, 0.15) is 31.2 Å². The van der Waals surface area contributed by atoms with Crippen molar-refractivity contribution in [3.05, 3.63) is 23.8 Å². The summed E-state index contributed by atoms with van der Waals surface area (Å²) in [5.74, 6) is 0.718. The van der Waals surface area contributed by atoms with Crippen LogP contribution in [0.4, 0.5) is 0 Å². The first-order valence-electron chi connectivity index (χ1n) is 10.1. The Kier molecular flexibility index (Phi) is 13.3. The van der Waals surface area contributed by atoms with Crippen LogP contribution < -0.4 is 31.2 Å². The van der Waals surface area contributed by atoms with E-state index in [9.17, 15) is 9.90 Å². The van der Waals surface area contributed by atoms with Crippen LogP contribution in [0.3, 0.4) is 0 Å². The first-order valence-corrected chi connectivity index (χ1v) is 10.1. The molecule has 0 aromatic heterocycles. The second kappa shape index (κ2) is 15.6. The molecule has 0 aliphatic rings. The van der Waals surface area contributed by atoms with E-state index in [2.05, 4.69) is 16.0 Å². The van der Waals surface area contributed by atoms with Gasteiger partial charge in [0, 0.05) is 24.8 Å². The molecule has 1 amide bonds. The number of carbonyl (C=O) groups is 1. The topological polar surface area (TPSA) is 118 Å². The first-order chi connectivity index (χ1) is 14.1. The van der Waals surface area contributed by atoms with Gasteiger partial charge in [-0.2, -0.15) is 0 Å². The fourth-order valence-corrected chi connectivity index (χ4v) is 2.71. The molecule has 0 heterocycles. The minimum Gasteiger partial charge on any atom is -0.508 e. The highest BCUT2D eigenvalue weighted by Gasteiger charge is 2.10. The van der Waals surface area contributed by atoms with Crippen molar-refractivity contribution < 1.29 is 19.4 Å². The molecule has 0 spiro atoms. The SMILES string of the molecule is COc1cc(O)cc(OC)c1C=CC(=O)NCCCNCCCCNCCCN. The summed E-state index contributed by atoms with van der Waals surface area (Å²) in [6.45, 7) is 5.20. The average Bonchev–Trinajstić information content (AvgIpc) is 2.72. The molecule has 29 heavy (non-hydrogen) atoms. The zero-order chi connectivity index (χ0) is 21.3. The minimum absolute atomic E-state index is 0.0376. The maximum Gasteiger partial charge on any atom is 0.244 e. The molecule has 164 valence electrons. The number of nitrogens with one attached hydrogen (secondary N) is 3. The number of phenolic OH excluding ortho intramolecular Hbond substituents is 1. The highest BCUT2D eigenvalue weighted by molar-refractivity contribution is 5.92. The number of hydrogen-bond acceptors (Lipinski definition) is 7. The average molecular weight is 409 g/mol. The first kappa shape index (κ1) is 24.7. The molecule has 1 aromatic carbocycles. The largest absolute Gasteiger partial charge is 0.508 e. The Bertz CT molecular complexity index is 598. The van der Waals surface area contributed by atoms with E-state index < -0.39 is 0 Å². The van der Waals surface area contributed by atoms with E-state index in [1.165, 1.54) is 32.4 Å². The number of aromatic hydroxyl groups is 1. The summed E-state index contributed by atoms with van der Waals surface area (Å²) >= 11 is 0. The third-order valence-electron chi connectivity index (χ3n) is 4.27. The van der Waals surface area contributed by atoms with Crippen LogP contribution in [0, 0.1) is 0 Å². The van der Waals surface area contributed by atoms with E-state index in [0.29, 0.717) is 23.6 Å². The van der Waals surface area contributed by atoms with Crippen molar-refractivity contribution in [1.82, 2.24) is 16.0 Å². The molecule has 0 fully saturated rings. The van der Waals surface area contributed by atoms with Gasteiger partial charge in [-0.15, -0.1) is 0 Å². The van der Waals surface area contributed by atoms with Crippen LogP contribution in [-0.4, -0.2) is 64.5 Å². The lowest BCUT2D eigenvalue weighted by molar-refractivity contribution is -0.116. The molecule has 0 aliphatic carbocycles. The van der Waals surface area contributed by atoms with E-state index in [-0.39, 0.29) is 11.7 Å². The predicted molar refractivity (Wildman–Crippen MR) is 117 cm³/mol. The molecule has 0 aliphatic heterocycles. The highest BCUT2D eigenvalue weighted by Crippen LogP contribution is 2.34. The van der Waals surface area contributed by atoms with Crippen LogP contribution >= 0.6 is 0 Å². The normalized spacial score (nSPS) is 11.0. The van der Waals surface area contributed by atoms with Gasteiger partial charge in [-0.3, -0.25) is 4.79 Å². The molecule has 0 atom stereocenters. The van der Waals surface area contributed by atoms with Crippen LogP contribution in [0.2, 0.25) is 0 Å². The van der Waals surface area contributed by atoms with E-state index in [1.807, 2.05) is 0 Å². The van der Waals surface area contributed by atoms with Gasteiger partial charge in [-0.05, 0) is 64.5 Å². The number of hydrogen-bond donors (Lipinski definition) is 5. The number of benzene rings is 1. The molecule has 0 unspecified atom stereocenters. The highest BCUT2D eigenvalue weighted by atomic mass is 16.5. The van der Waals surface area contributed by atoms with Gasteiger partial charge >= 0.3 is 0 Å². The second-order valence-electron chi connectivity index (χ2n) is 6.59. The fraction of sp³-hybridized carbons (Fsp3) is 0.571. The van der Waals surface area contributed by atoms with Gasteiger partial charge in [0.25, 0.3) is 0 Å². The Balaban J connectivity index is 2.19. The third-order valence-corrected chi connectivity index (χ3v) is 4.27. The Morgan fingerprint density at radius 3 is 2.07 bits per heavy atom. The standard InChI is InChI=1S/C21H36N4O4/c1-28-19-15-17(26)16-20(29-2)18(19)7-8-21(27)25-14-6-13-24-11-4-3-10-23-12-5-9-22/h7-8,15-16,23-24,26H,3-6,9-14,22H2,1-2H3,(H,25,27). The van der Waals surface area contributed by atoms with Gasteiger partial charge in [0.2, 0.25) is 5.91 Å². The van der Waals surface area contributed by atoms with Gasteiger partial charge in [0.05, 0.1) is 19.8 Å². The van der Waals surface area contributed by atoms with Gasteiger partial charge in [0.1, 0.15) is 17.2 Å². The molecule has 1 aromatic rings. The summed E-state index contributed by atoms with van der Waals surface area (Å²) < 4.78 is 10.5. The second-order valence-corrected chi connectivity index (χ2v) is 6.59. The van der Waals surface area contributed by atoms with Crippen molar-refractivity contribution in [3.8, 4) is 17.2 Å². The molecular formula is C21H36N4O4. The van der Waals surface area contributed by atoms with E-state index >= 15 is 0 Å². The van der Waals surface area contributed by atoms with Crippen molar-refractivity contribution in [2.24, 2.45) is 5.73 Å². The summed E-state index contributed by atoms with van der Waals surface area (Å²) in [5, 5.41) is 19.3. The number of rotatable bonds is 16. The van der Waals surface area contributed by atoms with Crippen molar-refractivity contribution >= 4 is 12.0 Å². The molecule has 6 N–H and O–H groups in total. The van der Waals surface area contributed by atoms with Crippen molar-refractivity contribution in [2.75, 3.05) is 53.5 Å². The van der Waals surface area contributed by atoms with E-state index in [1.54, 1.807) is 6.08 Å². The Morgan fingerprint density at radius 1 is 0.966 bits per heavy atom. The van der Waals surface area contributed by atoms with Gasteiger partial charge in [-0.25, -0.2) is 0 Å². The molecule has 0 bridgehead atoms. The lowest BCUT2D eigenvalue weighted by atomic mass is 10.1. The molecule has 0 saturated carbocycles. The van der Waals surface area contributed by atoms with E-state index in [0.717, 1.165) is 58.4 Å². The quantitative estimate of drug-likeness (QED) is 0.206. The summed E-state index contributed by atoms with van der Waals surface area (Å²) in [6, 6.07) is 2.95. The van der Waals surface area contributed by atoms with Crippen molar-refractivity contribution in [3.63, 3.8) is 0 Å². The molecule has 0 radical (unpaired) electrons. The number of methoxy groups -OCH3 is 2. The Hall–Kier alpha value is -2.29. The fourth-order valence-electron chi connectivity index (χ4n) is 2.71. The van der Waals surface area contributed by atoms with Gasteiger partial charge in [-0.1, -0.05) is 0 Å². The molecule has 8 heteroatoms. The summed E-state index contributed by atoms with van der Waals surface area (Å²) in [6.07, 6.45) is 7.20. The summed E-state index contributed by atoms with van der Waals surface area (Å²) in [4.78, 5) is 12.0. The minimum atomic E-state index is -0.189. The summed E-state index contributed by atoms with van der Waals surface area (Å²) in [5.41, 5.74) is 6.04. The zero-order valence-electron chi connectivity index (χ0n) is 17.6.